The van der Waals surface area contributed by atoms with Crippen molar-refractivity contribution in [3.05, 3.63) is 47.3 Å². The maximum absolute atomic E-state index is 9.57. The standard InChI is InChI=1S/C26H33N3O4/c1-31-14-2-3-18-4-6-19(7-5-18)8-12-24-23(29-16-22(27-28-29)20-9-10-20)15-26-25(33-24)13-11-21(17-30)32-26/h4-7,16,20-21,23-26,30H,8-15,17H2,1H3/t21-,23-,24+,25-,26-/m0/s1. The Morgan fingerprint density at radius 2 is 1.97 bits per heavy atom. The third-order valence-corrected chi connectivity index (χ3v) is 7.00. The molecule has 0 radical (unpaired) electrons. The molecular weight excluding hydrogens is 418 g/mol. The number of nitrogens with zero attached hydrogens (tertiary/aromatic N) is 3. The number of hydrogen-bond acceptors (Lipinski definition) is 6. The smallest absolute Gasteiger partial charge is 0.107 e. The minimum atomic E-state index is -0.0877. The zero-order chi connectivity index (χ0) is 22.6. The third kappa shape index (κ3) is 5.47. The number of aliphatic hydroxyl groups is 1. The van der Waals surface area contributed by atoms with E-state index in [1.54, 1.807) is 7.11 Å². The molecule has 1 aromatic carbocycles. The van der Waals surface area contributed by atoms with E-state index in [4.69, 9.17) is 14.2 Å². The summed E-state index contributed by atoms with van der Waals surface area (Å²) in [6, 6.07) is 8.51. The second kappa shape index (κ2) is 10.4. The molecule has 2 aliphatic heterocycles. The van der Waals surface area contributed by atoms with Crippen LogP contribution in [0, 0.1) is 11.8 Å². The minimum Gasteiger partial charge on any atom is -0.394 e. The second-order valence-electron chi connectivity index (χ2n) is 9.44. The lowest BCUT2D eigenvalue weighted by atomic mass is 9.88. The fourth-order valence-corrected chi connectivity index (χ4v) is 4.97. The van der Waals surface area contributed by atoms with Crippen LogP contribution in [0.15, 0.2) is 30.5 Å². The normalized spacial score (nSPS) is 29.2. The Bertz CT molecular complexity index is 975. The molecule has 7 heteroatoms. The van der Waals surface area contributed by atoms with Gasteiger partial charge in [0, 0.05) is 31.2 Å². The van der Waals surface area contributed by atoms with E-state index in [0.29, 0.717) is 12.5 Å². The summed E-state index contributed by atoms with van der Waals surface area (Å²) in [5.41, 5.74) is 3.37. The molecule has 5 rings (SSSR count). The lowest BCUT2D eigenvalue weighted by molar-refractivity contribution is -0.209. The lowest BCUT2D eigenvalue weighted by Gasteiger charge is -2.45. The summed E-state index contributed by atoms with van der Waals surface area (Å²) >= 11 is 0. The van der Waals surface area contributed by atoms with Crippen molar-refractivity contribution in [3.63, 3.8) is 0 Å². The molecule has 1 saturated carbocycles. The van der Waals surface area contributed by atoms with Crippen molar-refractivity contribution in [2.24, 2.45) is 0 Å². The van der Waals surface area contributed by atoms with Gasteiger partial charge in [-0.25, -0.2) is 4.68 Å². The van der Waals surface area contributed by atoms with Gasteiger partial charge in [-0.05, 0) is 56.2 Å². The van der Waals surface area contributed by atoms with Crippen LogP contribution in [0.4, 0.5) is 0 Å². The highest BCUT2D eigenvalue weighted by molar-refractivity contribution is 5.36. The van der Waals surface area contributed by atoms with Crippen LogP contribution in [0.25, 0.3) is 0 Å². The first kappa shape index (κ1) is 22.5. The number of aromatic nitrogens is 3. The molecule has 176 valence electrons. The van der Waals surface area contributed by atoms with Crippen LogP contribution in [0.5, 0.6) is 0 Å². The van der Waals surface area contributed by atoms with Crippen LogP contribution < -0.4 is 0 Å². The van der Waals surface area contributed by atoms with Crippen molar-refractivity contribution in [1.82, 2.24) is 15.0 Å². The average molecular weight is 452 g/mol. The number of rotatable bonds is 7. The Kier molecular flexibility index (Phi) is 7.07. The van der Waals surface area contributed by atoms with Crippen LogP contribution >= 0.6 is 0 Å². The maximum Gasteiger partial charge on any atom is 0.107 e. The molecule has 0 amide bonds. The van der Waals surface area contributed by atoms with E-state index in [0.717, 1.165) is 43.4 Å². The van der Waals surface area contributed by atoms with Crippen LogP contribution in [-0.4, -0.2) is 64.8 Å². The molecule has 3 heterocycles. The van der Waals surface area contributed by atoms with Crippen LogP contribution in [-0.2, 0) is 20.6 Å². The number of ether oxygens (including phenoxy) is 3. The topological polar surface area (TPSA) is 78.6 Å². The first-order valence-corrected chi connectivity index (χ1v) is 12.1. The molecule has 2 aromatic rings. The summed E-state index contributed by atoms with van der Waals surface area (Å²) in [5, 5.41) is 18.5. The highest BCUT2D eigenvalue weighted by Crippen LogP contribution is 2.41. The molecule has 7 nitrogen and oxygen atoms in total. The van der Waals surface area contributed by atoms with Crippen molar-refractivity contribution < 1.29 is 19.3 Å². The summed E-state index contributed by atoms with van der Waals surface area (Å²) in [4.78, 5) is 0. The summed E-state index contributed by atoms with van der Waals surface area (Å²) in [5.74, 6) is 6.68. The molecule has 1 aromatic heterocycles. The highest BCUT2D eigenvalue weighted by atomic mass is 16.6. The van der Waals surface area contributed by atoms with Crippen molar-refractivity contribution in [2.75, 3.05) is 20.3 Å². The molecule has 0 bridgehead atoms. The number of methoxy groups -OCH3 is 1. The first-order valence-electron chi connectivity index (χ1n) is 12.1. The van der Waals surface area contributed by atoms with Gasteiger partial charge in [0.25, 0.3) is 0 Å². The SMILES string of the molecule is COCC#Cc1ccc(CC[C@H]2O[C@H]3CC[C@@H](CO)O[C@H]3C[C@@H]2n2cc(C3CC3)nn2)cc1. The Balaban J connectivity index is 1.28. The van der Waals surface area contributed by atoms with Gasteiger partial charge >= 0.3 is 0 Å². The van der Waals surface area contributed by atoms with E-state index in [1.165, 1.54) is 18.4 Å². The number of hydrogen-bond donors (Lipinski definition) is 1. The summed E-state index contributed by atoms with van der Waals surface area (Å²) in [6.45, 7) is 0.510. The third-order valence-electron chi connectivity index (χ3n) is 7.00. The van der Waals surface area contributed by atoms with Crippen LogP contribution in [0.2, 0.25) is 0 Å². The monoisotopic (exact) mass is 451 g/mol. The Morgan fingerprint density at radius 3 is 2.73 bits per heavy atom. The Morgan fingerprint density at radius 1 is 1.12 bits per heavy atom. The van der Waals surface area contributed by atoms with Crippen LogP contribution in [0.3, 0.4) is 0 Å². The highest BCUT2D eigenvalue weighted by Gasteiger charge is 2.43. The van der Waals surface area contributed by atoms with Crippen molar-refractivity contribution in [1.29, 1.82) is 0 Å². The lowest BCUT2D eigenvalue weighted by Crippen LogP contribution is -2.51. The van der Waals surface area contributed by atoms with E-state index < -0.39 is 0 Å². The van der Waals surface area contributed by atoms with E-state index in [9.17, 15) is 5.11 Å². The van der Waals surface area contributed by atoms with Gasteiger partial charge in [-0.2, -0.15) is 0 Å². The summed E-state index contributed by atoms with van der Waals surface area (Å²) in [7, 11) is 1.65. The quantitative estimate of drug-likeness (QED) is 0.652. The van der Waals surface area contributed by atoms with Gasteiger partial charge in [0.15, 0.2) is 0 Å². The fraction of sp³-hybridized carbons (Fsp3) is 0.615. The van der Waals surface area contributed by atoms with E-state index >= 15 is 0 Å². The van der Waals surface area contributed by atoms with Crippen molar-refractivity contribution in [2.45, 2.75) is 81.3 Å². The fourth-order valence-electron chi connectivity index (χ4n) is 4.97. The molecule has 3 fully saturated rings. The molecule has 1 N–H and O–H groups in total. The van der Waals surface area contributed by atoms with Gasteiger partial charge in [0.1, 0.15) is 6.61 Å². The zero-order valence-electron chi connectivity index (χ0n) is 19.2. The van der Waals surface area contributed by atoms with Gasteiger partial charge in [-0.1, -0.05) is 29.2 Å². The molecule has 5 atom stereocenters. The summed E-state index contributed by atoms with van der Waals surface area (Å²) < 4.78 is 19.8. The van der Waals surface area contributed by atoms with E-state index in [1.807, 2.05) is 4.68 Å². The summed E-state index contributed by atoms with van der Waals surface area (Å²) in [6.07, 6.45) is 9.02. The molecule has 0 unspecified atom stereocenters. The van der Waals surface area contributed by atoms with Gasteiger partial charge < -0.3 is 19.3 Å². The van der Waals surface area contributed by atoms with Crippen molar-refractivity contribution in [3.8, 4) is 11.8 Å². The van der Waals surface area contributed by atoms with E-state index in [2.05, 4.69) is 52.6 Å². The zero-order valence-corrected chi connectivity index (χ0v) is 19.2. The Labute approximate surface area is 195 Å². The number of benzene rings is 1. The van der Waals surface area contributed by atoms with Gasteiger partial charge in [0.2, 0.25) is 0 Å². The van der Waals surface area contributed by atoms with Crippen LogP contribution in [0.1, 0.15) is 67.3 Å². The van der Waals surface area contributed by atoms with Crippen molar-refractivity contribution >= 4 is 0 Å². The maximum atomic E-state index is 9.57. The number of aryl methyl sites for hydroxylation is 1. The van der Waals surface area contributed by atoms with Gasteiger partial charge in [-0.15, -0.1) is 5.10 Å². The number of aliphatic hydroxyl groups excluding tert-OH is 1. The molecular formula is C26H33N3O4. The first-order chi connectivity index (χ1) is 16.2. The molecule has 2 saturated heterocycles. The molecule has 33 heavy (non-hydrogen) atoms. The molecule has 3 aliphatic rings. The second-order valence-corrected chi connectivity index (χ2v) is 9.44. The number of fused-ring (bicyclic) bond motifs is 1. The Hall–Kier alpha value is -2.24. The largest absolute Gasteiger partial charge is 0.394 e. The van der Waals surface area contributed by atoms with Gasteiger partial charge in [0.05, 0.1) is 42.8 Å². The predicted octanol–water partition coefficient (Wildman–Crippen LogP) is 3.02. The predicted molar refractivity (Wildman–Crippen MR) is 123 cm³/mol. The van der Waals surface area contributed by atoms with Gasteiger partial charge in [-0.3, -0.25) is 0 Å². The molecule has 0 spiro atoms. The average Bonchev–Trinajstić information content (AvgIpc) is 3.59. The van der Waals surface area contributed by atoms with E-state index in [-0.39, 0.29) is 37.1 Å². The minimum absolute atomic E-state index is 0.00400. The molecule has 1 aliphatic carbocycles.